The van der Waals surface area contributed by atoms with Crippen LogP contribution in [0.4, 0.5) is 5.69 Å². The number of rotatable bonds is 4. The van der Waals surface area contributed by atoms with Crippen molar-refractivity contribution in [1.82, 2.24) is 4.57 Å². The van der Waals surface area contributed by atoms with Gasteiger partial charge in [0.25, 0.3) is 5.56 Å². The number of carbonyl (C=O) groups excluding carboxylic acids is 1. The number of pyridine rings is 1. The standard InChI is InChI=1S/C14H21N3O3/c1-2-17-9-11(3-4-12(17)18)16-13(19)14(10-15)5-7-20-8-6-14/h3-4,9H,2,5-8,10,15H2,1H3,(H,16,19). The Hall–Kier alpha value is -1.66. The first kappa shape index (κ1) is 14.7. The van der Waals surface area contributed by atoms with Crippen LogP contribution in [0.15, 0.2) is 23.1 Å². The molecule has 0 atom stereocenters. The summed E-state index contributed by atoms with van der Waals surface area (Å²) in [7, 11) is 0. The topological polar surface area (TPSA) is 86.3 Å². The smallest absolute Gasteiger partial charge is 0.250 e. The minimum Gasteiger partial charge on any atom is -0.381 e. The molecule has 1 saturated heterocycles. The van der Waals surface area contributed by atoms with E-state index in [2.05, 4.69) is 5.32 Å². The third-order valence-corrected chi connectivity index (χ3v) is 3.90. The SMILES string of the molecule is CCn1cc(NC(=O)C2(CN)CCOCC2)ccc1=O. The zero-order chi connectivity index (χ0) is 14.6. The molecule has 1 aliphatic rings. The van der Waals surface area contributed by atoms with E-state index in [0.29, 0.717) is 44.8 Å². The van der Waals surface area contributed by atoms with E-state index in [1.807, 2.05) is 6.92 Å². The molecule has 2 rings (SSSR count). The van der Waals surface area contributed by atoms with Crippen LogP contribution in [0.3, 0.4) is 0 Å². The third-order valence-electron chi connectivity index (χ3n) is 3.90. The lowest BCUT2D eigenvalue weighted by Gasteiger charge is -2.34. The molecule has 0 spiro atoms. The molecule has 0 radical (unpaired) electrons. The lowest BCUT2D eigenvalue weighted by molar-refractivity contribution is -0.130. The summed E-state index contributed by atoms with van der Waals surface area (Å²) < 4.78 is 6.85. The number of hydrogen-bond donors (Lipinski definition) is 2. The largest absolute Gasteiger partial charge is 0.381 e. The average molecular weight is 279 g/mol. The van der Waals surface area contributed by atoms with Crippen molar-refractivity contribution in [2.24, 2.45) is 11.1 Å². The molecule has 1 amide bonds. The normalized spacial score (nSPS) is 17.7. The maximum absolute atomic E-state index is 12.5. The van der Waals surface area contributed by atoms with Crippen LogP contribution in [0.1, 0.15) is 19.8 Å². The van der Waals surface area contributed by atoms with Gasteiger partial charge in [0.15, 0.2) is 0 Å². The molecular formula is C14H21N3O3. The number of carbonyl (C=O) groups is 1. The number of ether oxygens (including phenoxy) is 1. The first-order valence-corrected chi connectivity index (χ1v) is 6.91. The van der Waals surface area contributed by atoms with Crippen LogP contribution in [0.2, 0.25) is 0 Å². The molecule has 0 bridgehead atoms. The summed E-state index contributed by atoms with van der Waals surface area (Å²) in [6, 6.07) is 3.08. The van der Waals surface area contributed by atoms with Crippen LogP contribution in [0, 0.1) is 5.41 Å². The zero-order valence-electron chi connectivity index (χ0n) is 11.7. The molecule has 0 aliphatic carbocycles. The lowest BCUT2D eigenvalue weighted by Crippen LogP contribution is -2.46. The van der Waals surface area contributed by atoms with Crippen molar-refractivity contribution < 1.29 is 9.53 Å². The maximum Gasteiger partial charge on any atom is 0.250 e. The van der Waals surface area contributed by atoms with Crippen LogP contribution in [0.5, 0.6) is 0 Å². The minimum atomic E-state index is -0.564. The number of hydrogen-bond acceptors (Lipinski definition) is 4. The Labute approximate surface area is 117 Å². The maximum atomic E-state index is 12.5. The summed E-state index contributed by atoms with van der Waals surface area (Å²) in [6.45, 7) is 3.86. The van der Waals surface area contributed by atoms with Crippen molar-refractivity contribution in [2.75, 3.05) is 25.1 Å². The Morgan fingerprint density at radius 1 is 1.45 bits per heavy atom. The van der Waals surface area contributed by atoms with Crippen LogP contribution in [0.25, 0.3) is 0 Å². The second-order valence-electron chi connectivity index (χ2n) is 5.09. The number of anilines is 1. The van der Waals surface area contributed by atoms with Crippen molar-refractivity contribution in [2.45, 2.75) is 26.3 Å². The molecule has 0 saturated carbocycles. The Bertz CT molecular complexity index is 533. The van der Waals surface area contributed by atoms with Crippen molar-refractivity contribution in [3.8, 4) is 0 Å². The zero-order valence-corrected chi connectivity index (χ0v) is 11.7. The fourth-order valence-corrected chi connectivity index (χ4v) is 2.40. The molecule has 3 N–H and O–H groups in total. The molecule has 1 aromatic rings. The summed E-state index contributed by atoms with van der Waals surface area (Å²) in [5.74, 6) is -0.0930. The summed E-state index contributed by atoms with van der Waals surface area (Å²) in [4.78, 5) is 24.0. The Kier molecular flexibility index (Phi) is 4.57. The van der Waals surface area contributed by atoms with Gasteiger partial charge in [-0.15, -0.1) is 0 Å². The monoisotopic (exact) mass is 279 g/mol. The third kappa shape index (κ3) is 2.91. The second-order valence-corrected chi connectivity index (χ2v) is 5.09. The summed E-state index contributed by atoms with van der Waals surface area (Å²) >= 11 is 0. The van der Waals surface area contributed by atoms with Gasteiger partial charge in [-0.2, -0.15) is 0 Å². The lowest BCUT2D eigenvalue weighted by atomic mass is 9.79. The van der Waals surface area contributed by atoms with Gasteiger partial charge in [0.1, 0.15) is 0 Å². The highest BCUT2D eigenvalue weighted by Crippen LogP contribution is 2.30. The van der Waals surface area contributed by atoms with Crippen LogP contribution in [-0.2, 0) is 16.1 Å². The molecule has 2 heterocycles. The molecule has 1 aromatic heterocycles. The highest BCUT2D eigenvalue weighted by molar-refractivity contribution is 5.95. The Morgan fingerprint density at radius 3 is 2.75 bits per heavy atom. The van der Waals surface area contributed by atoms with E-state index in [-0.39, 0.29) is 11.5 Å². The fraction of sp³-hybridized carbons (Fsp3) is 0.571. The predicted molar refractivity (Wildman–Crippen MR) is 76.5 cm³/mol. The van der Waals surface area contributed by atoms with Crippen molar-refractivity contribution >= 4 is 11.6 Å². The molecule has 110 valence electrons. The number of nitrogens with one attached hydrogen (secondary N) is 1. The van der Waals surface area contributed by atoms with Crippen LogP contribution in [-0.4, -0.2) is 30.2 Å². The Balaban J connectivity index is 2.16. The van der Waals surface area contributed by atoms with E-state index >= 15 is 0 Å². The van der Waals surface area contributed by atoms with Gasteiger partial charge in [-0.1, -0.05) is 0 Å². The molecular weight excluding hydrogens is 258 g/mol. The molecule has 1 fully saturated rings. The van der Waals surface area contributed by atoms with Gasteiger partial charge in [-0.25, -0.2) is 0 Å². The van der Waals surface area contributed by atoms with Gasteiger partial charge in [-0.05, 0) is 25.8 Å². The van der Waals surface area contributed by atoms with E-state index in [0.717, 1.165) is 0 Å². The number of nitrogens with zero attached hydrogens (tertiary/aromatic N) is 1. The number of aromatic nitrogens is 1. The first-order chi connectivity index (χ1) is 9.61. The number of nitrogens with two attached hydrogens (primary N) is 1. The molecule has 0 unspecified atom stereocenters. The number of aryl methyl sites for hydroxylation is 1. The average Bonchev–Trinajstić information content (AvgIpc) is 2.49. The van der Waals surface area contributed by atoms with Gasteiger partial charge in [-0.3, -0.25) is 9.59 Å². The van der Waals surface area contributed by atoms with Gasteiger partial charge >= 0.3 is 0 Å². The summed E-state index contributed by atoms with van der Waals surface area (Å²) in [6.07, 6.45) is 2.91. The Morgan fingerprint density at radius 2 is 2.15 bits per heavy atom. The second kappa shape index (κ2) is 6.19. The van der Waals surface area contributed by atoms with Gasteiger partial charge in [0.05, 0.1) is 11.1 Å². The van der Waals surface area contributed by atoms with Crippen molar-refractivity contribution in [3.05, 3.63) is 28.7 Å². The van der Waals surface area contributed by atoms with Crippen molar-refractivity contribution in [3.63, 3.8) is 0 Å². The molecule has 20 heavy (non-hydrogen) atoms. The number of amides is 1. The summed E-state index contributed by atoms with van der Waals surface area (Å²) in [5, 5.41) is 2.87. The first-order valence-electron chi connectivity index (χ1n) is 6.91. The highest BCUT2D eigenvalue weighted by Gasteiger charge is 2.38. The van der Waals surface area contributed by atoms with Crippen LogP contribution >= 0.6 is 0 Å². The van der Waals surface area contributed by atoms with Gasteiger partial charge < -0.3 is 20.4 Å². The molecule has 1 aliphatic heterocycles. The van der Waals surface area contributed by atoms with Gasteiger partial charge in [0.2, 0.25) is 5.91 Å². The highest BCUT2D eigenvalue weighted by atomic mass is 16.5. The van der Waals surface area contributed by atoms with Gasteiger partial charge in [0, 0.05) is 38.6 Å². The van der Waals surface area contributed by atoms with E-state index in [1.54, 1.807) is 16.8 Å². The quantitative estimate of drug-likeness (QED) is 0.843. The van der Waals surface area contributed by atoms with E-state index < -0.39 is 5.41 Å². The van der Waals surface area contributed by atoms with Crippen LogP contribution < -0.4 is 16.6 Å². The predicted octanol–water partition coefficient (Wildman–Crippen LogP) is 0.562. The minimum absolute atomic E-state index is 0.0786. The van der Waals surface area contributed by atoms with E-state index in [4.69, 9.17) is 10.5 Å². The molecule has 0 aromatic carbocycles. The summed E-state index contributed by atoms with van der Waals surface area (Å²) in [5.41, 5.74) is 5.78. The molecule has 6 heteroatoms. The fourth-order valence-electron chi connectivity index (χ4n) is 2.40. The van der Waals surface area contributed by atoms with E-state index in [9.17, 15) is 9.59 Å². The molecule has 6 nitrogen and oxygen atoms in total. The van der Waals surface area contributed by atoms with E-state index in [1.165, 1.54) is 6.07 Å². The van der Waals surface area contributed by atoms with Crippen molar-refractivity contribution in [1.29, 1.82) is 0 Å².